The molecule has 0 aromatic heterocycles. The fraction of sp³-hybridized carbons (Fsp3) is 0.909. The number of ether oxygens (including phenoxy) is 1. The van der Waals surface area contributed by atoms with E-state index in [0.29, 0.717) is 19.7 Å². The van der Waals surface area contributed by atoms with Crippen molar-refractivity contribution in [3.05, 3.63) is 0 Å². The topological polar surface area (TPSA) is 64.4 Å². The average molecular weight is 212 g/mol. The van der Waals surface area contributed by atoms with Crippen LogP contribution in [0, 0.1) is 11.3 Å². The number of hydrogen-bond acceptors (Lipinski definition) is 3. The quantitative estimate of drug-likeness (QED) is 0.595. The van der Waals surface area contributed by atoms with Crippen LogP contribution >= 0.6 is 0 Å². The highest BCUT2D eigenvalue weighted by atomic mass is 16.5. The normalized spacial score (nSPS) is 22.5. The van der Waals surface area contributed by atoms with Gasteiger partial charge < -0.3 is 15.8 Å². The van der Waals surface area contributed by atoms with Crippen LogP contribution in [-0.2, 0) is 9.53 Å². The predicted octanol–water partition coefficient (Wildman–Crippen LogP) is 0.268. The molecule has 0 unspecified atom stereocenters. The molecule has 0 radical (unpaired) electrons. The minimum atomic E-state index is -0.226. The summed E-state index contributed by atoms with van der Waals surface area (Å²) < 4.78 is 5.43. The van der Waals surface area contributed by atoms with Gasteiger partial charge in [-0.05, 0) is 31.6 Å². The first-order valence-electron chi connectivity index (χ1n) is 5.83. The van der Waals surface area contributed by atoms with Crippen molar-refractivity contribution in [3.63, 3.8) is 0 Å². The van der Waals surface area contributed by atoms with Crippen LogP contribution in [0.25, 0.3) is 0 Å². The van der Waals surface area contributed by atoms with Gasteiger partial charge in [0.05, 0.1) is 12.0 Å². The zero-order chi connectivity index (χ0) is 10.7. The van der Waals surface area contributed by atoms with Gasteiger partial charge in [0.25, 0.3) is 0 Å². The molecule has 2 rings (SSSR count). The van der Waals surface area contributed by atoms with Crippen LogP contribution in [0.15, 0.2) is 0 Å². The molecule has 0 aromatic carbocycles. The summed E-state index contributed by atoms with van der Waals surface area (Å²) in [6.45, 7) is 2.58. The summed E-state index contributed by atoms with van der Waals surface area (Å²) >= 11 is 0. The molecule has 4 heteroatoms. The molecule has 0 spiro atoms. The number of hydrogen-bond donors (Lipinski definition) is 2. The van der Waals surface area contributed by atoms with E-state index in [1.54, 1.807) is 0 Å². The number of nitrogens with one attached hydrogen (secondary N) is 1. The Morgan fingerprint density at radius 1 is 1.47 bits per heavy atom. The first kappa shape index (κ1) is 10.9. The molecule has 2 aliphatic carbocycles. The maximum atomic E-state index is 11.6. The zero-order valence-corrected chi connectivity index (χ0v) is 9.13. The third-order valence-corrected chi connectivity index (χ3v) is 3.31. The Hall–Kier alpha value is -0.610. The number of carbonyl (C=O) groups is 1. The lowest BCUT2D eigenvalue weighted by atomic mass is 10.1. The number of nitrogens with two attached hydrogens (primary N) is 1. The van der Waals surface area contributed by atoms with E-state index in [0.717, 1.165) is 25.4 Å². The maximum absolute atomic E-state index is 11.6. The Bertz CT molecular complexity index is 235. The lowest BCUT2D eigenvalue weighted by molar-refractivity contribution is -0.126. The van der Waals surface area contributed by atoms with E-state index in [1.807, 2.05) is 0 Å². The van der Waals surface area contributed by atoms with Crippen molar-refractivity contribution in [1.82, 2.24) is 5.32 Å². The van der Waals surface area contributed by atoms with Crippen LogP contribution in [0.4, 0.5) is 0 Å². The molecule has 86 valence electrons. The van der Waals surface area contributed by atoms with Crippen molar-refractivity contribution in [1.29, 1.82) is 0 Å². The molecule has 15 heavy (non-hydrogen) atoms. The summed E-state index contributed by atoms with van der Waals surface area (Å²) in [7, 11) is 0. The van der Waals surface area contributed by atoms with Crippen LogP contribution < -0.4 is 11.1 Å². The number of rotatable bonds is 7. The van der Waals surface area contributed by atoms with E-state index < -0.39 is 0 Å². The Balaban J connectivity index is 1.51. The van der Waals surface area contributed by atoms with Crippen molar-refractivity contribution in [3.8, 4) is 0 Å². The van der Waals surface area contributed by atoms with Gasteiger partial charge in [0.2, 0.25) is 5.91 Å². The Morgan fingerprint density at radius 2 is 2.20 bits per heavy atom. The third kappa shape index (κ3) is 2.92. The molecule has 0 bridgehead atoms. The van der Waals surface area contributed by atoms with Crippen LogP contribution in [0.5, 0.6) is 0 Å². The smallest absolute Gasteiger partial charge is 0.227 e. The van der Waals surface area contributed by atoms with E-state index in [9.17, 15) is 4.79 Å². The Labute approximate surface area is 90.5 Å². The molecule has 3 N–H and O–H groups in total. The second kappa shape index (κ2) is 4.49. The molecule has 2 fully saturated rings. The highest BCUT2D eigenvalue weighted by molar-refractivity contribution is 5.85. The monoisotopic (exact) mass is 212 g/mol. The molecule has 2 aliphatic rings. The maximum Gasteiger partial charge on any atom is 0.227 e. The van der Waals surface area contributed by atoms with E-state index in [2.05, 4.69) is 5.32 Å². The summed E-state index contributed by atoms with van der Waals surface area (Å²) in [5.74, 6) is 0.902. The molecule has 0 aliphatic heterocycles. The van der Waals surface area contributed by atoms with Crippen LogP contribution in [0.1, 0.15) is 25.7 Å². The zero-order valence-electron chi connectivity index (χ0n) is 9.13. The van der Waals surface area contributed by atoms with Crippen molar-refractivity contribution >= 4 is 5.91 Å². The first-order valence-corrected chi connectivity index (χ1v) is 5.83. The van der Waals surface area contributed by atoms with E-state index in [-0.39, 0.29) is 11.3 Å². The fourth-order valence-electron chi connectivity index (χ4n) is 1.63. The van der Waals surface area contributed by atoms with Gasteiger partial charge in [0.15, 0.2) is 0 Å². The van der Waals surface area contributed by atoms with Gasteiger partial charge in [-0.25, -0.2) is 0 Å². The van der Waals surface area contributed by atoms with Gasteiger partial charge in [-0.2, -0.15) is 0 Å². The Morgan fingerprint density at radius 3 is 2.73 bits per heavy atom. The van der Waals surface area contributed by atoms with Crippen molar-refractivity contribution in [2.24, 2.45) is 17.1 Å². The highest BCUT2D eigenvalue weighted by Crippen LogP contribution is 2.44. The summed E-state index contributed by atoms with van der Waals surface area (Å²) in [5, 5.41) is 2.89. The number of amides is 1. The average Bonchev–Trinajstić information content (AvgIpc) is 3.12. The van der Waals surface area contributed by atoms with Gasteiger partial charge in [0.1, 0.15) is 0 Å². The van der Waals surface area contributed by atoms with Crippen molar-refractivity contribution in [2.45, 2.75) is 25.7 Å². The van der Waals surface area contributed by atoms with Gasteiger partial charge in [-0.1, -0.05) is 0 Å². The molecule has 0 heterocycles. The van der Waals surface area contributed by atoms with Crippen LogP contribution in [-0.4, -0.2) is 32.2 Å². The predicted molar refractivity (Wildman–Crippen MR) is 57.3 cm³/mol. The standard InChI is InChI=1S/C11H20N2O2/c12-8-11(3-4-11)10(14)13-5-6-15-7-9-1-2-9/h9H,1-8,12H2,(H,13,14). The molecular formula is C11H20N2O2. The molecule has 1 amide bonds. The molecule has 0 aromatic rings. The van der Waals surface area contributed by atoms with Crippen LogP contribution in [0.2, 0.25) is 0 Å². The van der Waals surface area contributed by atoms with Crippen molar-refractivity contribution < 1.29 is 9.53 Å². The molecule has 0 saturated heterocycles. The fourth-order valence-corrected chi connectivity index (χ4v) is 1.63. The summed E-state index contributed by atoms with van der Waals surface area (Å²) in [6, 6.07) is 0. The largest absolute Gasteiger partial charge is 0.379 e. The second-order valence-corrected chi connectivity index (χ2v) is 4.76. The van der Waals surface area contributed by atoms with Gasteiger partial charge in [0, 0.05) is 19.7 Å². The van der Waals surface area contributed by atoms with Crippen LogP contribution in [0.3, 0.4) is 0 Å². The highest BCUT2D eigenvalue weighted by Gasteiger charge is 2.48. The number of carbonyl (C=O) groups excluding carboxylic acids is 1. The van der Waals surface area contributed by atoms with Gasteiger partial charge in [-0.15, -0.1) is 0 Å². The summed E-state index contributed by atoms with van der Waals surface area (Å²) in [5.41, 5.74) is 5.33. The molecule has 2 saturated carbocycles. The molecular weight excluding hydrogens is 192 g/mol. The lowest BCUT2D eigenvalue weighted by Crippen LogP contribution is -2.38. The van der Waals surface area contributed by atoms with E-state index >= 15 is 0 Å². The van der Waals surface area contributed by atoms with Gasteiger partial charge >= 0.3 is 0 Å². The third-order valence-electron chi connectivity index (χ3n) is 3.31. The van der Waals surface area contributed by atoms with Gasteiger partial charge in [-0.3, -0.25) is 4.79 Å². The summed E-state index contributed by atoms with van der Waals surface area (Å²) in [4.78, 5) is 11.6. The first-order chi connectivity index (χ1) is 7.27. The minimum absolute atomic E-state index is 0.111. The van der Waals surface area contributed by atoms with E-state index in [4.69, 9.17) is 10.5 Å². The Kier molecular flexibility index (Phi) is 3.26. The van der Waals surface area contributed by atoms with Crippen molar-refractivity contribution in [2.75, 3.05) is 26.3 Å². The molecule has 4 nitrogen and oxygen atoms in total. The SMILES string of the molecule is NCC1(C(=O)NCCOCC2CC2)CC1. The second-order valence-electron chi connectivity index (χ2n) is 4.76. The molecule has 0 atom stereocenters. The minimum Gasteiger partial charge on any atom is -0.379 e. The van der Waals surface area contributed by atoms with E-state index in [1.165, 1.54) is 12.8 Å². The lowest BCUT2D eigenvalue weighted by Gasteiger charge is -2.12. The summed E-state index contributed by atoms with van der Waals surface area (Å²) in [6.07, 6.45) is 4.50.